The molecule has 2 aromatic heterocycles. The van der Waals surface area contributed by atoms with E-state index in [1.807, 2.05) is 6.92 Å². The number of hydrogen-bond donors (Lipinski definition) is 1. The van der Waals surface area contributed by atoms with Crippen LogP contribution in [0.3, 0.4) is 0 Å². The molecule has 12 heavy (non-hydrogen) atoms. The average molecular weight is 163 g/mol. The van der Waals surface area contributed by atoms with Crippen molar-refractivity contribution < 1.29 is 0 Å². The molecule has 0 saturated heterocycles. The van der Waals surface area contributed by atoms with Crippen LogP contribution in [0.25, 0.3) is 5.65 Å². The summed E-state index contributed by atoms with van der Waals surface area (Å²) in [5.74, 6) is 0. The topological polar surface area (TPSA) is 50.2 Å². The normalized spacial score (nSPS) is 10.8. The van der Waals surface area contributed by atoms with Gasteiger partial charge in [-0.2, -0.15) is 0 Å². The summed E-state index contributed by atoms with van der Waals surface area (Å²) in [5, 5.41) is 2.80. The van der Waals surface area contributed by atoms with Crippen LogP contribution < -0.4 is 5.56 Å². The van der Waals surface area contributed by atoms with Crippen LogP contribution in [0.2, 0.25) is 0 Å². The second kappa shape index (κ2) is 2.48. The third-order valence-electron chi connectivity index (χ3n) is 1.88. The molecule has 0 aliphatic rings. The third kappa shape index (κ3) is 0.845. The second-order valence-electron chi connectivity index (χ2n) is 2.60. The zero-order chi connectivity index (χ0) is 8.55. The molecule has 0 radical (unpaired) electrons. The van der Waals surface area contributed by atoms with E-state index < -0.39 is 0 Å². The lowest BCUT2D eigenvalue weighted by Gasteiger charge is -1.95. The Morgan fingerprint density at radius 1 is 1.67 bits per heavy atom. The Balaban J connectivity index is 2.88. The number of fused-ring (bicyclic) bond motifs is 1. The van der Waals surface area contributed by atoms with Crippen LogP contribution in [0.5, 0.6) is 0 Å². The summed E-state index contributed by atoms with van der Waals surface area (Å²) in [6, 6.07) is 1.76. The Bertz CT molecular complexity index is 455. The molecule has 4 nitrogen and oxygen atoms in total. The lowest BCUT2D eigenvalue weighted by atomic mass is 10.3. The summed E-state index contributed by atoms with van der Waals surface area (Å²) in [7, 11) is 0. The Morgan fingerprint density at radius 3 is 3.25 bits per heavy atom. The molecule has 0 aromatic carbocycles. The molecule has 4 heteroatoms. The van der Waals surface area contributed by atoms with Crippen molar-refractivity contribution in [1.82, 2.24) is 14.6 Å². The van der Waals surface area contributed by atoms with Crippen LogP contribution in [0.1, 0.15) is 12.5 Å². The number of H-pyrrole nitrogens is 1. The quantitative estimate of drug-likeness (QED) is 0.668. The Hall–Kier alpha value is -1.58. The van der Waals surface area contributed by atoms with Crippen LogP contribution >= 0.6 is 0 Å². The number of hydrogen-bond acceptors (Lipinski definition) is 2. The van der Waals surface area contributed by atoms with E-state index >= 15 is 0 Å². The lowest BCUT2D eigenvalue weighted by Crippen LogP contribution is -2.18. The predicted octanol–water partition coefficient (Wildman–Crippen LogP) is 0.585. The summed E-state index contributed by atoms with van der Waals surface area (Å²) >= 11 is 0. The minimum Gasteiger partial charge on any atom is -0.297 e. The first-order valence-electron chi connectivity index (χ1n) is 3.87. The highest BCUT2D eigenvalue weighted by Gasteiger charge is 2.01. The van der Waals surface area contributed by atoms with Gasteiger partial charge < -0.3 is 0 Å². The fourth-order valence-electron chi connectivity index (χ4n) is 1.18. The largest absolute Gasteiger partial charge is 0.297 e. The average Bonchev–Trinajstić information content (AvgIpc) is 2.53. The first-order valence-corrected chi connectivity index (χ1v) is 3.87. The first kappa shape index (κ1) is 7.09. The van der Waals surface area contributed by atoms with Crippen LogP contribution in [0.4, 0.5) is 0 Å². The molecule has 1 N–H and O–H groups in total. The molecule has 0 spiro atoms. The van der Waals surface area contributed by atoms with Gasteiger partial charge in [-0.1, -0.05) is 6.92 Å². The van der Waals surface area contributed by atoms with Gasteiger partial charge in [0.25, 0.3) is 5.56 Å². The van der Waals surface area contributed by atoms with Gasteiger partial charge in [-0.15, -0.1) is 0 Å². The maximum atomic E-state index is 11.5. The maximum Gasteiger partial charge on any atom is 0.275 e. The van der Waals surface area contributed by atoms with E-state index in [1.54, 1.807) is 18.5 Å². The monoisotopic (exact) mass is 163 g/mol. The number of rotatable bonds is 1. The van der Waals surface area contributed by atoms with Crippen LogP contribution in [0, 0.1) is 0 Å². The molecule has 0 fully saturated rings. The van der Waals surface area contributed by atoms with Crippen molar-refractivity contribution in [1.29, 1.82) is 0 Å². The molecular formula is C8H9N3O. The summed E-state index contributed by atoms with van der Waals surface area (Å²) in [4.78, 5) is 15.6. The maximum absolute atomic E-state index is 11.5. The number of aryl methyl sites for hydroxylation is 1. The Kier molecular flexibility index (Phi) is 1.46. The summed E-state index contributed by atoms with van der Waals surface area (Å²) in [6.45, 7) is 1.94. The summed E-state index contributed by atoms with van der Waals surface area (Å²) in [5.41, 5.74) is 1.39. The van der Waals surface area contributed by atoms with E-state index in [9.17, 15) is 4.79 Å². The van der Waals surface area contributed by atoms with Crippen molar-refractivity contribution in [2.24, 2.45) is 0 Å². The molecule has 0 atom stereocenters. The minimum atomic E-state index is -0.00694. The molecule has 2 aromatic rings. The van der Waals surface area contributed by atoms with Crippen LogP contribution in [-0.4, -0.2) is 14.6 Å². The van der Waals surface area contributed by atoms with Gasteiger partial charge in [-0.25, -0.2) is 9.50 Å². The SMILES string of the molecule is CCc1cnc2cc[nH]n2c1=O. The molecule has 2 heterocycles. The van der Waals surface area contributed by atoms with E-state index in [4.69, 9.17) is 0 Å². The van der Waals surface area contributed by atoms with E-state index in [0.29, 0.717) is 12.1 Å². The van der Waals surface area contributed by atoms with Crippen molar-refractivity contribution in [2.45, 2.75) is 13.3 Å². The van der Waals surface area contributed by atoms with E-state index in [0.717, 1.165) is 5.56 Å². The van der Waals surface area contributed by atoms with Crippen molar-refractivity contribution >= 4 is 5.65 Å². The minimum absolute atomic E-state index is 0.00694. The molecule has 2 rings (SSSR count). The van der Waals surface area contributed by atoms with Crippen molar-refractivity contribution in [3.63, 3.8) is 0 Å². The van der Waals surface area contributed by atoms with E-state index in [2.05, 4.69) is 10.1 Å². The third-order valence-corrected chi connectivity index (χ3v) is 1.88. The molecule has 0 aliphatic heterocycles. The van der Waals surface area contributed by atoms with Gasteiger partial charge in [0.1, 0.15) is 0 Å². The zero-order valence-corrected chi connectivity index (χ0v) is 6.74. The highest BCUT2D eigenvalue weighted by molar-refractivity contribution is 5.35. The molecule has 0 aliphatic carbocycles. The molecular weight excluding hydrogens is 154 g/mol. The Labute approximate surface area is 68.8 Å². The van der Waals surface area contributed by atoms with Gasteiger partial charge in [0.05, 0.1) is 0 Å². The smallest absolute Gasteiger partial charge is 0.275 e. The standard InChI is InChI=1S/C8H9N3O/c1-2-6-5-9-7-3-4-10-11(7)8(6)12/h3-5,10H,2H2,1H3. The fourth-order valence-corrected chi connectivity index (χ4v) is 1.18. The molecule has 0 saturated carbocycles. The van der Waals surface area contributed by atoms with Crippen molar-refractivity contribution in [2.75, 3.05) is 0 Å². The van der Waals surface area contributed by atoms with Gasteiger partial charge in [-0.3, -0.25) is 9.89 Å². The zero-order valence-electron chi connectivity index (χ0n) is 6.74. The molecule has 62 valence electrons. The van der Waals surface area contributed by atoms with Crippen LogP contribution in [0.15, 0.2) is 23.3 Å². The number of aromatic amines is 1. The Morgan fingerprint density at radius 2 is 2.50 bits per heavy atom. The van der Waals surface area contributed by atoms with Gasteiger partial charge >= 0.3 is 0 Å². The highest BCUT2D eigenvalue weighted by Crippen LogP contribution is 1.95. The van der Waals surface area contributed by atoms with Crippen molar-refractivity contribution in [3.8, 4) is 0 Å². The number of nitrogens with one attached hydrogen (secondary N) is 1. The predicted molar refractivity (Wildman–Crippen MR) is 45.2 cm³/mol. The second-order valence-corrected chi connectivity index (χ2v) is 2.60. The number of aromatic nitrogens is 3. The fraction of sp³-hybridized carbons (Fsp3) is 0.250. The number of nitrogens with zero attached hydrogens (tertiary/aromatic N) is 2. The molecule has 0 unspecified atom stereocenters. The lowest BCUT2D eigenvalue weighted by molar-refractivity contribution is 0.867. The van der Waals surface area contributed by atoms with Gasteiger partial charge in [-0.05, 0) is 6.42 Å². The summed E-state index contributed by atoms with van der Waals surface area (Å²) < 4.78 is 1.44. The van der Waals surface area contributed by atoms with E-state index in [-0.39, 0.29) is 5.56 Å². The highest BCUT2D eigenvalue weighted by atomic mass is 16.1. The van der Waals surface area contributed by atoms with Gasteiger partial charge in [0.15, 0.2) is 5.65 Å². The van der Waals surface area contributed by atoms with Crippen LogP contribution in [-0.2, 0) is 6.42 Å². The first-order chi connectivity index (χ1) is 5.83. The summed E-state index contributed by atoms with van der Waals surface area (Å²) in [6.07, 6.45) is 4.04. The van der Waals surface area contributed by atoms with Crippen molar-refractivity contribution in [3.05, 3.63) is 34.4 Å². The van der Waals surface area contributed by atoms with Gasteiger partial charge in [0, 0.05) is 24.0 Å². The molecule has 0 bridgehead atoms. The van der Waals surface area contributed by atoms with E-state index in [1.165, 1.54) is 4.52 Å². The molecule has 0 amide bonds. The van der Waals surface area contributed by atoms with Gasteiger partial charge in [0.2, 0.25) is 0 Å².